The molecule has 3 aromatic carbocycles. The SMILES string of the molecule is CC(C)Oc1ccc(NC(=O)N(Cc2ccc(-c3ccc(CN(C(=O)OC(C)(C)C)C4CCCCC4)cc3)cc2)Cc2cccnc2)cc1. The molecule has 1 fully saturated rings. The highest BCUT2D eigenvalue weighted by atomic mass is 16.6. The predicted molar refractivity (Wildman–Crippen MR) is 195 cm³/mol. The van der Waals surface area contributed by atoms with Crippen molar-refractivity contribution in [2.75, 3.05) is 5.32 Å². The second-order valence-electron chi connectivity index (χ2n) is 14.1. The van der Waals surface area contributed by atoms with E-state index in [9.17, 15) is 9.59 Å². The third-order valence-electron chi connectivity index (χ3n) is 8.47. The number of ether oxygens (including phenoxy) is 2. The molecule has 5 rings (SSSR count). The highest BCUT2D eigenvalue weighted by Crippen LogP contribution is 2.28. The molecule has 0 atom stereocenters. The molecule has 4 aromatic rings. The van der Waals surface area contributed by atoms with Crippen molar-refractivity contribution in [1.82, 2.24) is 14.8 Å². The number of hydrogen-bond donors (Lipinski definition) is 1. The number of benzene rings is 3. The molecule has 0 bridgehead atoms. The van der Waals surface area contributed by atoms with Gasteiger partial charge in [-0.3, -0.25) is 4.98 Å². The lowest BCUT2D eigenvalue weighted by molar-refractivity contribution is 0.00988. The number of pyridine rings is 1. The summed E-state index contributed by atoms with van der Waals surface area (Å²) < 4.78 is 11.5. The van der Waals surface area contributed by atoms with Crippen molar-refractivity contribution in [2.24, 2.45) is 0 Å². The van der Waals surface area contributed by atoms with E-state index in [1.54, 1.807) is 17.3 Å². The Hall–Kier alpha value is -4.85. The number of carbonyl (C=O) groups is 2. The number of aromatic nitrogens is 1. The molecular weight excluding hydrogens is 612 g/mol. The minimum absolute atomic E-state index is 0.0777. The zero-order valence-corrected chi connectivity index (χ0v) is 29.5. The van der Waals surface area contributed by atoms with Gasteiger partial charge in [-0.1, -0.05) is 73.9 Å². The van der Waals surface area contributed by atoms with E-state index in [1.807, 2.05) is 75.9 Å². The van der Waals surface area contributed by atoms with Gasteiger partial charge in [-0.25, -0.2) is 9.59 Å². The van der Waals surface area contributed by atoms with Gasteiger partial charge in [-0.05, 0) is 106 Å². The van der Waals surface area contributed by atoms with Crippen LogP contribution in [0.25, 0.3) is 11.1 Å². The van der Waals surface area contributed by atoms with Crippen LogP contribution in [-0.2, 0) is 24.4 Å². The normalized spacial score (nSPS) is 13.5. The van der Waals surface area contributed by atoms with Gasteiger partial charge in [0.05, 0.1) is 6.10 Å². The van der Waals surface area contributed by atoms with Crippen molar-refractivity contribution < 1.29 is 19.1 Å². The van der Waals surface area contributed by atoms with Crippen LogP contribution in [0.4, 0.5) is 15.3 Å². The number of urea groups is 1. The molecule has 8 heteroatoms. The Labute approximate surface area is 291 Å². The summed E-state index contributed by atoms with van der Waals surface area (Å²) in [7, 11) is 0. The van der Waals surface area contributed by atoms with Crippen LogP contribution in [0, 0.1) is 0 Å². The largest absolute Gasteiger partial charge is 0.491 e. The van der Waals surface area contributed by atoms with Crippen LogP contribution >= 0.6 is 0 Å². The fourth-order valence-electron chi connectivity index (χ4n) is 6.08. The lowest BCUT2D eigenvalue weighted by Gasteiger charge is -2.35. The predicted octanol–water partition coefficient (Wildman–Crippen LogP) is 9.84. The molecule has 0 spiro atoms. The minimum Gasteiger partial charge on any atom is -0.491 e. The summed E-state index contributed by atoms with van der Waals surface area (Å²) in [5.74, 6) is 0.761. The van der Waals surface area contributed by atoms with Gasteiger partial charge in [0.25, 0.3) is 0 Å². The first kappa shape index (κ1) is 35.5. The zero-order chi connectivity index (χ0) is 34.8. The maximum atomic E-state index is 13.5. The van der Waals surface area contributed by atoms with Crippen molar-refractivity contribution in [3.8, 4) is 16.9 Å². The van der Waals surface area contributed by atoms with Crippen LogP contribution in [0.2, 0.25) is 0 Å². The van der Waals surface area contributed by atoms with Gasteiger partial charge < -0.3 is 24.6 Å². The number of nitrogens with zero attached hydrogens (tertiary/aromatic N) is 3. The average Bonchev–Trinajstić information content (AvgIpc) is 3.08. The maximum absolute atomic E-state index is 13.5. The summed E-state index contributed by atoms with van der Waals surface area (Å²) in [5, 5.41) is 3.04. The maximum Gasteiger partial charge on any atom is 0.410 e. The number of anilines is 1. The van der Waals surface area contributed by atoms with E-state index >= 15 is 0 Å². The third-order valence-corrected chi connectivity index (χ3v) is 8.47. The van der Waals surface area contributed by atoms with Crippen molar-refractivity contribution in [3.63, 3.8) is 0 Å². The molecule has 3 amide bonds. The van der Waals surface area contributed by atoms with E-state index in [0.29, 0.717) is 25.3 Å². The molecule has 0 aliphatic heterocycles. The minimum atomic E-state index is -0.533. The smallest absolute Gasteiger partial charge is 0.410 e. The van der Waals surface area contributed by atoms with E-state index in [0.717, 1.165) is 59.3 Å². The van der Waals surface area contributed by atoms with E-state index in [-0.39, 0.29) is 24.3 Å². The molecule has 1 heterocycles. The number of carbonyl (C=O) groups excluding carboxylic acids is 2. The first-order chi connectivity index (χ1) is 23.5. The fourth-order valence-corrected chi connectivity index (χ4v) is 6.08. The molecule has 258 valence electrons. The number of nitrogens with one attached hydrogen (secondary N) is 1. The van der Waals surface area contributed by atoms with E-state index in [4.69, 9.17) is 9.47 Å². The Morgan fingerprint density at radius 3 is 1.94 bits per heavy atom. The number of hydrogen-bond acceptors (Lipinski definition) is 5. The second-order valence-corrected chi connectivity index (χ2v) is 14.1. The quantitative estimate of drug-likeness (QED) is 0.173. The van der Waals surface area contributed by atoms with Crippen LogP contribution in [0.5, 0.6) is 5.75 Å². The third kappa shape index (κ3) is 10.8. The monoisotopic (exact) mass is 662 g/mol. The van der Waals surface area contributed by atoms with E-state index in [1.165, 1.54) is 6.42 Å². The molecular formula is C41H50N4O4. The number of rotatable bonds is 11. The molecule has 0 radical (unpaired) electrons. The van der Waals surface area contributed by atoms with E-state index in [2.05, 4.69) is 58.8 Å². The topological polar surface area (TPSA) is 84.0 Å². The molecule has 1 saturated carbocycles. The van der Waals surface area contributed by atoms with Crippen LogP contribution in [0.15, 0.2) is 97.3 Å². The van der Waals surface area contributed by atoms with Crippen molar-refractivity contribution in [3.05, 3.63) is 114 Å². The summed E-state index contributed by atoms with van der Waals surface area (Å²) in [6.07, 6.45) is 8.91. The second kappa shape index (κ2) is 16.5. The summed E-state index contributed by atoms with van der Waals surface area (Å²) >= 11 is 0. The van der Waals surface area contributed by atoms with Crippen LogP contribution in [0.3, 0.4) is 0 Å². The first-order valence-corrected chi connectivity index (χ1v) is 17.4. The average molecular weight is 663 g/mol. The van der Waals surface area contributed by atoms with Gasteiger partial charge in [-0.2, -0.15) is 0 Å². The summed E-state index contributed by atoms with van der Waals surface area (Å²) in [5.41, 5.74) is 5.38. The zero-order valence-electron chi connectivity index (χ0n) is 29.5. The molecule has 1 aliphatic carbocycles. The van der Waals surface area contributed by atoms with Gasteiger partial charge in [0, 0.05) is 43.8 Å². The summed E-state index contributed by atoms with van der Waals surface area (Å²) in [6, 6.07) is 28.0. The first-order valence-electron chi connectivity index (χ1n) is 17.4. The summed E-state index contributed by atoms with van der Waals surface area (Å²) in [4.78, 5) is 34.7. The molecule has 1 aliphatic rings. The van der Waals surface area contributed by atoms with Crippen LogP contribution < -0.4 is 10.1 Å². The Morgan fingerprint density at radius 1 is 0.796 bits per heavy atom. The molecule has 1 N–H and O–H groups in total. The van der Waals surface area contributed by atoms with Gasteiger partial charge in [0.15, 0.2) is 0 Å². The highest BCUT2D eigenvalue weighted by Gasteiger charge is 2.29. The Morgan fingerprint density at radius 2 is 1.39 bits per heavy atom. The standard InChI is InChI=1S/C41H50N4O4/c1-30(2)48-38-23-21-36(22-24-38)43-39(46)44(28-33-10-9-25-42-26-33)27-31-13-17-34(18-14-31)35-19-15-32(16-20-35)29-45(37-11-7-6-8-12-37)40(47)49-41(3,4)5/h9-10,13-26,30,37H,6-8,11-12,27-29H2,1-5H3,(H,43,46). The Kier molecular flexibility index (Phi) is 11.9. The molecule has 49 heavy (non-hydrogen) atoms. The molecule has 0 saturated heterocycles. The fraction of sp³-hybridized carbons (Fsp3) is 0.390. The highest BCUT2D eigenvalue weighted by molar-refractivity contribution is 5.89. The van der Waals surface area contributed by atoms with Gasteiger partial charge in [0.2, 0.25) is 0 Å². The summed E-state index contributed by atoms with van der Waals surface area (Å²) in [6.45, 7) is 11.1. The lowest BCUT2D eigenvalue weighted by Crippen LogP contribution is -2.43. The van der Waals surface area contributed by atoms with Crippen molar-refractivity contribution in [2.45, 2.75) is 104 Å². The Balaban J connectivity index is 1.26. The van der Waals surface area contributed by atoms with Crippen molar-refractivity contribution >= 4 is 17.8 Å². The van der Waals surface area contributed by atoms with Crippen LogP contribution in [-0.4, -0.2) is 44.7 Å². The molecule has 8 nitrogen and oxygen atoms in total. The Bertz CT molecular complexity index is 1630. The van der Waals surface area contributed by atoms with Gasteiger partial charge in [-0.15, -0.1) is 0 Å². The van der Waals surface area contributed by atoms with Crippen molar-refractivity contribution in [1.29, 1.82) is 0 Å². The van der Waals surface area contributed by atoms with Gasteiger partial charge >= 0.3 is 12.1 Å². The lowest BCUT2D eigenvalue weighted by atomic mass is 9.94. The van der Waals surface area contributed by atoms with E-state index < -0.39 is 5.60 Å². The molecule has 0 unspecified atom stereocenters. The van der Waals surface area contributed by atoms with Crippen LogP contribution in [0.1, 0.15) is 83.4 Å². The molecule has 1 aromatic heterocycles. The number of amides is 3. The van der Waals surface area contributed by atoms with Gasteiger partial charge in [0.1, 0.15) is 11.4 Å².